The Balaban J connectivity index is 1.86. The SMILES string of the molecule is CCCCCCCCCCCCCCCCCCCC1N(C)C=CN1CCCCCCCCCCCCC. The average molecular weight is 533 g/mol. The van der Waals surface area contributed by atoms with E-state index in [1.807, 2.05) is 0 Å². The molecule has 2 nitrogen and oxygen atoms in total. The summed E-state index contributed by atoms with van der Waals surface area (Å²) in [4.78, 5) is 5.07. The van der Waals surface area contributed by atoms with E-state index in [1.54, 1.807) is 0 Å². The first-order valence-corrected chi connectivity index (χ1v) is 18.0. The number of unbranched alkanes of at least 4 members (excludes halogenated alkanes) is 26. The second-order valence-electron chi connectivity index (χ2n) is 12.7. The minimum absolute atomic E-state index is 0.620. The molecule has 0 spiro atoms. The summed E-state index contributed by atoms with van der Waals surface area (Å²) >= 11 is 0. The molecule has 1 unspecified atom stereocenters. The van der Waals surface area contributed by atoms with Crippen molar-refractivity contribution in [2.45, 2.75) is 206 Å². The molecule has 0 saturated heterocycles. The summed E-state index contributed by atoms with van der Waals surface area (Å²) in [5.41, 5.74) is 0. The van der Waals surface area contributed by atoms with Crippen molar-refractivity contribution in [3.63, 3.8) is 0 Å². The zero-order chi connectivity index (χ0) is 27.4. The fourth-order valence-corrected chi connectivity index (χ4v) is 6.23. The minimum Gasteiger partial charge on any atom is -0.359 e. The number of nitrogens with zero attached hydrogens (tertiary/aromatic N) is 2. The van der Waals surface area contributed by atoms with Gasteiger partial charge in [0.2, 0.25) is 0 Å². The first-order chi connectivity index (χ1) is 18.8. The van der Waals surface area contributed by atoms with E-state index >= 15 is 0 Å². The Bertz CT molecular complexity index is 488. The van der Waals surface area contributed by atoms with Gasteiger partial charge in [0.25, 0.3) is 0 Å². The predicted octanol–water partition coefficient (Wildman–Crippen LogP) is 12.4. The molecule has 0 radical (unpaired) electrons. The van der Waals surface area contributed by atoms with Crippen molar-refractivity contribution in [3.05, 3.63) is 12.4 Å². The van der Waals surface area contributed by atoms with E-state index in [1.165, 1.54) is 193 Å². The number of rotatable bonds is 30. The van der Waals surface area contributed by atoms with Crippen LogP contribution >= 0.6 is 0 Å². The highest BCUT2D eigenvalue weighted by Crippen LogP contribution is 2.22. The van der Waals surface area contributed by atoms with Gasteiger partial charge in [0.1, 0.15) is 6.17 Å². The van der Waals surface area contributed by atoms with Gasteiger partial charge in [0.15, 0.2) is 0 Å². The maximum absolute atomic E-state index is 2.63. The Morgan fingerprint density at radius 3 is 1.08 bits per heavy atom. The van der Waals surface area contributed by atoms with Gasteiger partial charge in [0.05, 0.1) is 0 Å². The molecule has 1 heterocycles. The minimum atomic E-state index is 0.620. The van der Waals surface area contributed by atoms with Crippen molar-refractivity contribution < 1.29 is 0 Å². The third-order valence-corrected chi connectivity index (χ3v) is 8.93. The maximum atomic E-state index is 2.63. The Labute approximate surface area is 241 Å². The van der Waals surface area contributed by atoms with Crippen LogP contribution in [0.25, 0.3) is 0 Å². The van der Waals surface area contributed by atoms with E-state index in [2.05, 4.69) is 43.1 Å². The van der Waals surface area contributed by atoms with Gasteiger partial charge in [-0.25, -0.2) is 0 Å². The molecule has 1 aliphatic rings. The summed E-state index contributed by atoms with van der Waals surface area (Å²) in [5, 5.41) is 0. The average Bonchev–Trinajstić information content (AvgIpc) is 3.27. The monoisotopic (exact) mass is 533 g/mol. The normalized spacial score (nSPS) is 15.3. The van der Waals surface area contributed by atoms with E-state index in [0.29, 0.717) is 6.17 Å². The third-order valence-electron chi connectivity index (χ3n) is 8.93. The fraction of sp³-hybridized carbons (Fsp3) is 0.944. The summed E-state index contributed by atoms with van der Waals surface area (Å²) in [7, 11) is 2.27. The lowest BCUT2D eigenvalue weighted by Gasteiger charge is -2.30. The molecule has 0 aromatic heterocycles. The molecular formula is C36H72N2. The molecule has 1 aliphatic heterocycles. The Morgan fingerprint density at radius 1 is 0.395 bits per heavy atom. The highest BCUT2D eigenvalue weighted by atomic mass is 15.4. The van der Waals surface area contributed by atoms with Crippen LogP contribution in [-0.4, -0.2) is 29.6 Å². The summed E-state index contributed by atoms with van der Waals surface area (Å²) < 4.78 is 0. The van der Waals surface area contributed by atoms with Gasteiger partial charge >= 0.3 is 0 Å². The maximum Gasteiger partial charge on any atom is 0.100 e. The van der Waals surface area contributed by atoms with E-state index in [0.717, 1.165) is 0 Å². The summed E-state index contributed by atoms with van der Waals surface area (Å²) in [6, 6.07) is 0. The zero-order valence-electron chi connectivity index (χ0n) is 26.8. The van der Waals surface area contributed by atoms with Crippen molar-refractivity contribution in [2.24, 2.45) is 0 Å². The lowest BCUT2D eigenvalue weighted by atomic mass is 10.0. The molecule has 0 aromatic carbocycles. The van der Waals surface area contributed by atoms with E-state index in [9.17, 15) is 0 Å². The number of hydrogen-bond acceptors (Lipinski definition) is 2. The van der Waals surface area contributed by atoms with Gasteiger partial charge in [-0.3, -0.25) is 0 Å². The van der Waals surface area contributed by atoms with Gasteiger partial charge in [-0.2, -0.15) is 0 Å². The molecule has 38 heavy (non-hydrogen) atoms. The quantitative estimate of drug-likeness (QED) is 0.0848. The summed E-state index contributed by atoms with van der Waals surface area (Å²) in [5.74, 6) is 0. The van der Waals surface area contributed by atoms with Gasteiger partial charge in [0, 0.05) is 26.0 Å². The van der Waals surface area contributed by atoms with Crippen LogP contribution in [0.2, 0.25) is 0 Å². The fourth-order valence-electron chi connectivity index (χ4n) is 6.23. The lowest BCUT2D eigenvalue weighted by Crippen LogP contribution is -2.37. The molecule has 1 atom stereocenters. The summed E-state index contributed by atoms with van der Waals surface area (Å²) in [6.45, 7) is 5.86. The van der Waals surface area contributed by atoms with Crippen LogP contribution in [0.3, 0.4) is 0 Å². The second-order valence-corrected chi connectivity index (χ2v) is 12.7. The third kappa shape index (κ3) is 21.2. The molecule has 0 fully saturated rings. The molecule has 0 aliphatic carbocycles. The standard InChI is InChI=1S/C36H72N2/c1-4-6-8-10-12-14-16-17-18-19-20-21-22-24-26-28-30-32-36-37(3)34-35-38(36)33-31-29-27-25-23-15-13-11-9-7-5-2/h34-36H,4-33H2,1-3H3. The first-order valence-electron chi connectivity index (χ1n) is 18.0. The Morgan fingerprint density at radius 2 is 0.711 bits per heavy atom. The van der Waals surface area contributed by atoms with Gasteiger partial charge < -0.3 is 9.80 Å². The Hall–Kier alpha value is -0.660. The van der Waals surface area contributed by atoms with Gasteiger partial charge in [-0.1, -0.05) is 181 Å². The van der Waals surface area contributed by atoms with Crippen LogP contribution in [0.15, 0.2) is 12.4 Å². The van der Waals surface area contributed by atoms with Crippen LogP contribution in [0.1, 0.15) is 200 Å². The van der Waals surface area contributed by atoms with Crippen LogP contribution in [0, 0.1) is 0 Å². The molecule has 0 saturated carbocycles. The van der Waals surface area contributed by atoms with Gasteiger partial charge in [-0.05, 0) is 19.3 Å². The van der Waals surface area contributed by atoms with E-state index < -0.39 is 0 Å². The molecule has 2 heteroatoms. The number of hydrogen-bond donors (Lipinski definition) is 0. The summed E-state index contributed by atoms with van der Waals surface area (Å²) in [6.07, 6.45) is 47.1. The lowest BCUT2D eigenvalue weighted by molar-refractivity contribution is 0.159. The zero-order valence-corrected chi connectivity index (χ0v) is 26.8. The molecule has 0 bridgehead atoms. The highest BCUT2D eigenvalue weighted by molar-refractivity contribution is 4.95. The van der Waals surface area contributed by atoms with E-state index in [4.69, 9.17) is 0 Å². The van der Waals surface area contributed by atoms with Crippen LogP contribution in [0.4, 0.5) is 0 Å². The largest absolute Gasteiger partial charge is 0.359 e. The molecule has 226 valence electrons. The molecular weight excluding hydrogens is 460 g/mol. The second kappa shape index (κ2) is 27.9. The molecule has 0 aromatic rings. The van der Waals surface area contributed by atoms with Crippen LogP contribution in [-0.2, 0) is 0 Å². The van der Waals surface area contributed by atoms with Crippen molar-refractivity contribution in [1.29, 1.82) is 0 Å². The van der Waals surface area contributed by atoms with E-state index in [-0.39, 0.29) is 0 Å². The van der Waals surface area contributed by atoms with Crippen LogP contribution in [0.5, 0.6) is 0 Å². The van der Waals surface area contributed by atoms with Crippen LogP contribution < -0.4 is 0 Å². The predicted molar refractivity (Wildman–Crippen MR) is 173 cm³/mol. The Kier molecular flexibility index (Phi) is 26.0. The first kappa shape index (κ1) is 35.4. The molecule has 0 amide bonds. The van der Waals surface area contributed by atoms with Crippen molar-refractivity contribution in [1.82, 2.24) is 9.80 Å². The highest BCUT2D eigenvalue weighted by Gasteiger charge is 2.22. The van der Waals surface area contributed by atoms with Crippen molar-refractivity contribution >= 4 is 0 Å². The van der Waals surface area contributed by atoms with Gasteiger partial charge in [-0.15, -0.1) is 0 Å². The molecule has 0 N–H and O–H groups in total. The smallest absolute Gasteiger partial charge is 0.100 e. The van der Waals surface area contributed by atoms with Crippen molar-refractivity contribution in [3.8, 4) is 0 Å². The topological polar surface area (TPSA) is 6.48 Å². The molecule has 1 rings (SSSR count). The van der Waals surface area contributed by atoms with Crippen molar-refractivity contribution in [2.75, 3.05) is 13.6 Å².